The van der Waals surface area contributed by atoms with Crippen LogP contribution >= 0.6 is 11.8 Å². The second kappa shape index (κ2) is 4.48. The average molecular weight is 256 g/mol. The van der Waals surface area contributed by atoms with E-state index < -0.39 is 0 Å². The first-order chi connectivity index (χ1) is 8.81. The number of fused-ring (bicyclic) bond motifs is 2. The number of hydrogen-bond acceptors (Lipinski definition) is 3. The molecular weight excluding hydrogens is 244 g/mol. The molecule has 0 atom stereocenters. The van der Waals surface area contributed by atoms with E-state index in [-0.39, 0.29) is 11.8 Å². The Balaban J connectivity index is 2.20. The van der Waals surface area contributed by atoms with Gasteiger partial charge in [0.2, 0.25) is 5.91 Å². The van der Waals surface area contributed by atoms with Crippen molar-refractivity contribution in [1.29, 1.82) is 0 Å². The molecule has 90 valence electrons. The number of rotatable bonds is 1. The van der Waals surface area contributed by atoms with Gasteiger partial charge in [0.25, 0.3) is 0 Å². The Morgan fingerprint density at radius 1 is 1.00 bits per heavy atom. The van der Waals surface area contributed by atoms with E-state index in [9.17, 15) is 4.79 Å². The monoisotopic (exact) mass is 256 g/mol. The van der Waals surface area contributed by atoms with Crippen molar-refractivity contribution < 1.29 is 4.79 Å². The number of benzene rings is 2. The van der Waals surface area contributed by atoms with Gasteiger partial charge in [-0.1, -0.05) is 48.2 Å². The van der Waals surface area contributed by atoms with Crippen LogP contribution in [-0.4, -0.2) is 5.91 Å². The van der Waals surface area contributed by atoms with Gasteiger partial charge >= 0.3 is 0 Å². The van der Waals surface area contributed by atoms with Crippen LogP contribution in [0, 0.1) is 0 Å². The highest BCUT2D eigenvalue weighted by molar-refractivity contribution is 7.99. The molecule has 0 saturated heterocycles. The fourth-order valence-electron chi connectivity index (χ4n) is 2.28. The van der Waals surface area contributed by atoms with E-state index >= 15 is 0 Å². The fourth-order valence-corrected chi connectivity index (χ4v) is 3.41. The molecule has 2 aromatic rings. The van der Waals surface area contributed by atoms with Crippen LogP contribution in [0.5, 0.6) is 0 Å². The van der Waals surface area contributed by atoms with Crippen LogP contribution in [0.3, 0.4) is 0 Å². The third-order valence-electron chi connectivity index (χ3n) is 3.08. The van der Waals surface area contributed by atoms with Gasteiger partial charge in [-0.15, -0.1) is 0 Å². The topological polar surface area (TPSA) is 55.1 Å². The number of nitrogens with one attached hydrogen (secondary N) is 1. The largest absolute Gasteiger partial charge is 0.293 e. The lowest BCUT2D eigenvalue weighted by Crippen LogP contribution is -2.36. The summed E-state index contributed by atoms with van der Waals surface area (Å²) in [6.45, 7) is 0. The van der Waals surface area contributed by atoms with Crippen LogP contribution in [0.2, 0.25) is 0 Å². The maximum atomic E-state index is 12.0. The summed E-state index contributed by atoms with van der Waals surface area (Å²) >= 11 is 1.69. The van der Waals surface area contributed by atoms with E-state index in [2.05, 4.69) is 5.43 Å². The van der Waals surface area contributed by atoms with Gasteiger partial charge in [-0.2, -0.15) is 0 Å². The predicted molar refractivity (Wildman–Crippen MR) is 71.2 cm³/mol. The van der Waals surface area contributed by atoms with Crippen molar-refractivity contribution in [2.45, 2.75) is 15.7 Å². The molecule has 1 aliphatic rings. The van der Waals surface area contributed by atoms with Crippen LogP contribution in [-0.2, 0) is 4.79 Å². The minimum atomic E-state index is -0.316. The summed E-state index contributed by atoms with van der Waals surface area (Å²) in [4.78, 5) is 14.3. The lowest BCUT2D eigenvalue weighted by atomic mass is 9.90. The standard InChI is InChI=1S/C14H12N2OS/c15-16-14(17)13-9-5-1-3-7-11(9)18-12-8-4-2-6-10(12)13/h1-8,13H,15H2,(H,16,17). The minimum Gasteiger partial charge on any atom is -0.293 e. The van der Waals surface area contributed by atoms with Gasteiger partial charge in [0.1, 0.15) is 0 Å². The van der Waals surface area contributed by atoms with Crippen molar-refractivity contribution in [2.75, 3.05) is 0 Å². The molecule has 0 spiro atoms. The number of carbonyl (C=O) groups is 1. The summed E-state index contributed by atoms with van der Waals surface area (Å²) in [6.07, 6.45) is 0. The van der Waals surface area contributed by atoms with Crippen LogP contribution in [0.1, 0.15) is 17.0 Å². The molecule has 0 radical (unpaired) electrons. The third-order valence-corrected chi connectivity index (χ3v) is 4.27. The lowest BCUT2D eigenvalue weighted by molar-refractivity contribution is -0.121. The summed E-state index contributed by atoms with van der Waals surface area (Å²) in [5.41, 5.74) is 4.30. The summed E-state index contributed by atoms with van der Waals surface area (Å²) in [5.74, 6) is 4.82. The van der Waals surface area contributed by atoms with Crippen LogP contribution in [0.25, 0.3) is 0 Å². The van der Waals surface area contributed by atoms with Crippen molar-refractivity contribution in [3.63, 3.8) is 0 Å². The van der Waals surface area contributed by atoms with Crippen molar-refractivity contribution >= 4 is 17.7 Å². The maximum Gasteiger partial charge on any atom is 0.245 e. The second-order valence-electron chi connectivity index (χ2n) is 4.12. The van der Waals surface area contributed by atoms with Gasteiger partial charge in [0.05, 0.1) is 5.92 Å². The maximum absolute atomic E-state index is 12.0. The van der Waals surface area contributed by atoms with Gasteiger partial charge < -0.3 is 0 Å². The Hall–Kier alpha value is -1.78. The Labute approximate surface area is 109 Å². The SMILES string of the molecule is NNC(=O)C1c2ccccc2Sc2ccccc21. The van der Waals surface area contributed by atoms with Gasteiger partial charge in [0.15, 0.2) is 0 Å². The molecule has 1 amide bonds. The quantitative estimate of drug-likeness (QED) is 0.467. The van der Waals surface area contributed by atoms with Gasteiger partial charge in [-0.25, -0.2) is 5.84 Å². The molecule has 0 saturated carbocycles. The number of amides is 1. The first-order valence-electron chi connectivity index (χ1n) is 5.67. The van der Waals surface area contributed by atoms with Crippen LogP contribution in [0.4, 0.5) is 0 Å². The molecule has 0 bridgehead atoms. The van der Waals surface area contributed by atoms with Gasteiger partial charge in [-0.05, 0) is 23.3 Å². The van der Waals surface area contributed by atoms with E-state index in [0.29, 0.717) is 0 Å². The summed E-state index contributed by atoms with van der Waals surface area (Å²) in [7, 11) is 0. The van der Waals surface area contributed by atoms with Crippen molar-refractivity contribution in [2.24, 2.45) is 5.84 Å². The highest BCUT2D eigenvalue weighted by Gasteiger charge is 2.30. The zero-order valence-corrected chi connectivity index (χ0v) is 10.4. The van der Waals surface area contributed by atoms with E-state index in [0.717, 1.165) is 20.9 Å². The normalized spacial score (nSPS) is 13.6. The smallest absolute Gasteiger partial charge is 0.245 e. The summed E-state index contributed by atoms with van der Waals surface area (Å²) < 4.78 is 0. The molecule has 18 heavy (non-hydrogen) atoms. The predicted octanol–water partition coefficient (Wildman–Crippen LogP) is 2.27. The van der Waals surface area contributed by atoms with Crippen molar-refractivity contribution in [1.82, 2.24) is 5.43 Å². The van der Waals surface area contributed by atoms with E-state index in [1.165, 1.54) is 0 Å². The Morgan fingerprint density at radius 2 is 1.50 bits per heavy atom. The molecular formula is C14H12N2OS. The summed E-state index contributed by atoms with van der Waals surface area (Å²) in [5, 5.41) is 0. The van der Waals surface area contributed by atoms with E-state index in [4.69, 9.17) is 5.84 Å². The highest BCUT2D eigenvalue weighted by Crippen LogP contribution is 2.45. The molecule has 0 fully saturated rings. The molecule has 2 aromatic carbocycles. The first kappa shape index (κ1) is 11.3. The summed E-state index contributed by atoms with van der Waals surface area (Å²) in [6, 6.07) is 15.9. The second-order valence-corrected chi connectivity index (χ2v) is 5.20. The molecule has 3 N–H and O–H groups in total. The first-order valence-corrected chi connectivity index (χ1v) is 6.49. The van der Waals surface area contributed by atoms with E-state index in [1.807, 2.05) is 48.5 Å². The lowest BCUT2D eigenvalue weighted by Gasteiger charge is -2.26. The molecule has 3 rings (SSSR count). The Kier molecular flexibility index (Phi) is 2.81. The Bertz CT molecular complexity index is 567. The fraction of sp³-hybridized carbons (Fsp3) is 0.0714. The molecule has 0 aromatic heterocycles. The average Bonchev–Trinajstić information content (AvgIpc) is 2.44. The van der Waals surface area contributed by atoms with Crippen LogP contribution in [0.15, 0.2) is 58.3 Å². The molecule has 0 aliphatic carbocycles. The number of nitrogens with two attached hydrogens (primary N) is 1. The zero-order chi connectivity index (χ0) is 12.5. The third kappa shape index (κ3) is 1.70. The molecule has 3 nitrogen and oxygen atoms in total. The molecule has 4 heteroatoms. The van der Waals surface area contributed by atoms with E-state index in [1.54, 1.807) is 11.8 Å². The van der Waals surface area contributed by atoms with Crippen LogP contribution < -0.4 is 11.3 Å². The number of carbonyl (C=O) groups excluding carboxylic acids is 1. The number of hydrazine groups is 1. The van der Waals surface area contributed by atoms with Crippen molar-refractivity contribution in [3.05, 3.63) is 59.7 Å². The Morgan fingerprint density at radius 3 is 2.00 bits per heavy atom. The van der Waals surface area contributed by atoms with Gasteiger partial charge in [0, 0.05) is 9.79 Å². The molecule has 0 unspecified atom stereocenters. The van der Waals surface area contributed by atoms with Crippen molar-refractivity contribution in [3.8, 4) is 0 Å². The molecule has 1 heterocycles. The van der Waals surface area contributed by atoms with Gasteiger partial charge in [-0.3, -0.25) is 10.2 Å². The number of hydrogen-bond donors (Lipinski definition) is 2. The highest BCUT2D eigenvalue weighted by atomic mass is 32.2. The molecule has 1 aliphatic heterocycles. The minimum absolute atomic E-state index is 0.171. The zero-order valence-electron chi connectivity index (χ0n) is 9.59.